The smallest absolute Gasteiger partial charge is 0.313 e. The van der Waals surface area contributed by atoms with Crippen LogP contribution in [0.15, 0.2) is 16.9 Å². The van der Waals surface area contributed by atoms with Crippen LogP contribution in [0.4, 0.5) is 0 Å². The van der Waals surface area contributed by atoms with Crippen LogP contribution >= 0.6 is 0 Å². The van der Waals surface area contributed by atoms with Crippen molar-refractivity contribution < 1.29 is 14.6 Å². The fourth-order valence-corrected chi connectivity index (χ4v) is 6.03. The maximum Gasteiger partial charge on any atom is 0.313 e. The van der Waals surface area contributed by atoms with Crippen LogP contribution in [0.2, 0.25) is 0 Å². The van der Waals surface area contributed by atoms with Crippen LogP contribution in [0.25, 0.3) is 0 Å². The molecular formula is C19H20O4. The van der Waals surface area contributed by atoms with Crippen molar-refractivity contribution in [3.05, 3.63) is 44.6 Å². The number of fused-ring (bicyclic) bond motifs is 2. The second-order valence-corrected chi connectivity index (χ2v) is 7.83. The van der Waals surface area contributed by atoms with Gasteiger partial charge in [-0.05, 0) is 60.6 Å². The van der Waals surface area contributed by atoms with Crippen molar-refractivity contribution in [1.82, 2.24) is 0 Å². The average molecular weight is 312 g/mol. The Morgan fingerprint density at radius 1 is 1.30 bits per heavy atom. The molecule has 23 heavy (non-hydrogen) atoms. The van der Waals surface area contributed by atoms with Crippen molar-refractivity contribution in [3.8, 4) is 0 Å². The lowest BCUT2D eigenvalue weighted by atomic mass is 9.49. The Balaban J connectivity index is 1.85. The van der Waals surface area contributed by atoms with Crippen LogP contribution in [0.5, 0.6) is 0 Å². The topological polar surface area (TPSA) is 63.6 Å². The van der Waals surface area contributed by atoms with Gasteiger partial charge in [0.05, 0.1) is 11.5 Å². The molecule has 1 unspecified atom stereocenters. The number of aryl methyl sites for hydroxylation is 2. The Hall–Kier alpha value is -1.68. The third-order valence-corrected chi connectivity index (χ3v) is 7.07. The largest absolute Gasteiger partial charge is 0.459 e. The molecule has 0 amide bonds. The number of hydrogen-bond donors (Lipinski definition) is 1. The summed E-state index contributed by atoms with van der Waals surface area (Å²) in [7, 11) is 0. The fraction of sp³-hybridized carbons (Fsp3) is 0.579. The second-order valence-electron chi connectivity index (χ2n) is 7.83. The molecule has 3 fully saturated rings. The first kappa shape index (κ1) is 13.7. The zero-order valence-corrected chi connectivity index (χ0v) is 13.3. The normalized spacial score (nSPS) is 42.4. The summed E-state index contributed by atoms with van der Waals surface area (Å²) in [5, 5.41) is 10.7. The maximum atomic E-state index is 12.8. The summed E-state index contributed by atoms with van der Waals surface area (Å²) >= 11 is 0. The number of carbonyl (C=O) groups excluding carboxylic acids is 1. The van der Waals surface area contributed by atoms with Gasteiger partial charge >= 0.3 is 5.97 Å². The molecule has 6 atom stereocenters. The van der Waals surface area contributed by atoms with Crippen molar-refractivity contribution in [1.29, 1.82) is 0 Å². The van der Waals surface area contributed by atoms with Gasteiger partial charge in [-0.2, -0.15) is 0 Å². The summed E-state index contributed by atoms with van der Waals surface area (Å²) in [4.78, 5) is 24.9. The molecule has 1 aromatic rings. The molecule has 5 aliphatic rings. The summed E-state index contributed by atoms with van der Waals surface area (Å²) in [5.74, 6) is 0.0405. The molecule has 3 aliphatic carbocycles. The number of rotatable bonds is 0. The first-order chi connectivity index (χ1) is 10.9. The van der Waals surface area contributed by atoms with Crippen molar-refractivity contribution in [2.75, 3.05) is 0 Å². The number of ether oxygens (including phenoxy) is 1. The quantitative estimate of drug-likeness (QED) is 0.737. The Morgan fingerprint density at radius 3 is 2.87 bits per heavy atom. The van der Waals surface area contributed by atoms with E-state index in [1.54, 1.807) is 12.1 Å². The Morgan fingerprint density at radius 2 is 2.09 bits per heavy atom. The van der Waals surface area contributed by atoms with Crippen molar-refractivity contribution in [3.63, 3.8) is 0 Å². The molecule has 120 valence electrons. The minimum absolute atomic E-state index is 0.0519. The van der Waals surface area contributed by atoms with E-state index in [9.17, 15) is 14.7 Å². The fourth-order valence-electron chi connectivity index (χ4n) is 6.03. The van der Waals surface area contributed by atoms with Crippen LogP contribution in [0.1, 0.15) is 41.5 Å². The molecule has 4 nitrogen and oxygen atoms in total. The molecule has 0 radical (unpaired) electrons. The SMILES string of the molecule is Cc1cc(=O)cc2c3c1C[C@@H]1[C@@H]4OC(=O)C(CC2)([C@H]31)[C@@H](C)[C@H]4O. The van der Waals surface area contributed by atoms with Crippen molar-refractivity contribution in [2.24, 2.45) is 17.3 Å². The monoisotopic (exact) mass is 312 g/mol. The van der Waals surface area contributed by atoms with E-state index in [2.05, 4.69) is 0 Å². The molecule has 1 saturated carbocycles. The molecular weight excluding hydrogens is 292 g/mol. The van der Waals surface area contributed by atoms with Gasteiger partial charge in [0.2, 0.25) is 0 Å². The number of aliphatic hydroxyl groups is 1. The number of aliphatic hydroxyl groups excluding tert-OH is 1. The molecule has 2 saturated heterocycles. The predicted octanol–water partition coefficient (Wildman–Crippen LogP) is 1.48. The molecule has 0 aromatic heterocycles. The minimum Gasteiger partial charge on any atom is -0.459 e. The first-order valence-corrected chi connectivity index (χ1v) is 8.51. The van der Waals surface area contributed by atoms with Gasteiger partial charge in [0.1, 0.15) is 6.10 Å². The van der Waals surface area contributed by atoms with Crippen LogP contribution < -0.4 is 5.43 Å². The van der Waals surface area contributed by atoms with Gasteiger partial charge in [0, 0.05) is 17.8 Å². The second kappa shape index (κ2) is 4.04. The van der Waals surface area contributed by atoms with E-state index in [-0.39, 0.29) is 29.2 Å². The molecule has 1 spiro atoms. The molecule has 2 aliphatic heterocycles. The van der Waals surface area contributed by atoms with Crippen LogP contribution in [0.3, 0.4) is 0 Å². The van der Waals surface area contributed by atoms with E-state index in [1.807, 2.05) is 13.8 Å². The zero-order valence-electron chi connectivity index (χ0n) is 13.3. The molecule has 1 aromatic carbocycles. The van der Waals surface area contributed by atoms with E-state index in [1.165, 1.54) is 11.1 Å². The average Bonchev–Trinajstić information content (AvgIpc) is 2.86. The van der Waals surface area contributed by atoms with Gasteiger partial charge in [-0.1, -0.05) is 6.92 Å². The summed E-state index contributed by atoms with van der Waals surface area (Å²) in [6.45, 7) is 3.98. The third-order valence-electron chi connectivity index (χ3n) is 7.07. The van der Waals surface area contributed by atoms with E-state index in [0.29, 0.717) is 12.8 Å². The third kappa shape index (κ3) is 1.38. The van der Waals surface area contributed by atoms with E-state index in [0.717, 1.165) is 17.5 Å². The van der Waals surface area contributed by atoms with Crippen LogP contribution in [-0.2, 0) is 22.4 Å². The molecule has 6 rings (SSSR count). The van der Waals surface area contributed by atoms with Crippen molar-refractivity contribution in [2.45, 2.75) is 51.2 Å². The van der Waals surface area contributed by atoms with Crippen LogP contribution in [-0.4, -0.2) is 23.3 Å². The summed E-state index contributed by atoms with van der Waals surface area (Å²) in [5.41, 5.74) is 4.00. The molecule has 4 heteroatoms. The molecule has 2 bridgehead atoms. The number of esters is 1. The number of hydrogen-bond acceptors (Lipinski definition) is 4. The summed E-state index contributed by atoms with van der Waals surface area (Å²) in [6, 6.07) is 3.47. The van der Waals surface area contributed by atoms with E-state index in [4.69, 9.17) is 4.74 Å². The Kier molecular flexibility index (Phi) is 2.41. The summed E-state index contributed by atoms with van der Waals surface area (Å²) in [6.07, 6.45) is 1.21. The maximum absolute atomic E-state index is 12.8. The first-order valence-electron chi connectivity index (χ1n) is 8.51. The van der Waals surface area contributed by atoms with E-state index < -0.39 is 17.6 Å². The van der Waals surface area contributed by atoms with Gasteiger partial charge in [0.15, 0.2) is 5.43 Å². The molecule has 2 heterocycles. The van der Waals surface area contributed by atoms with Crippen LogP contribution in [0, 0.1) is 24.2 Å². The van der Waals surface area contributed by atoms with E-state index >= 15 is 0 Å². The Bertz CT molecular complexity index is 814. The standard InChI is InChI=1S/C19H20O4/c1-8-5-11(20)6-10-3-4-19-9(2)16(21)17(23-18(19)22)13-7-12(8)14(10)15(13)19/h5-6,9,13,15-17,21H,3-4,7H2,1-2H3/t9-,13-,15-,16+,17-,19?/m0/s1. The lowest BCUT2D eigenvalue weighted by Crippen LogP contribution is -2.67. The van der Waals surface area contributed by atoms with Crippen molar-refractivity contribution >= 4 is 5.97 Å². The highest BCUT2D eigenvalue weighted by Crippen LogP contribution is 2.66. The molecule has 1 N–H and O–H groups in total. The lowest BCUT2D eigenvalue weighted by Gasteiger charge is -2.59. The van der Waals surface area contributed by atoms with Gasteiger partial charge in [-0.25, -0.2) is 0 Å². The lowest BCUT2D eigenvalue weighted by molar-refractivity contribution is -0.236. The van der Waals surface area contributed by atoms with Gasteiger partial charge in [-0.15, -0.1) is 0 Å². The highest BCUT2D eigenvalue weighted by molar-refractivity contribution is 5.83. The minimum atomic E-state index is -0.610. The Labute approximate surface area is 134 Å². The highest BCUT2D eigenvalue weighted by atomic mass is 16.6. The summed E-state index contributed by atoms with van der Waals surface area (Å²) < 4.78 is 5.67. The zero-order chi connectivity index (χ0) is 16.1. The van der Waals surface area contributed by atoms with Gasteiger partial charge in [0.25, 0.3) is 0 Å². The number of carbonyl (C=O) groups is 1. The van der Waals surface area contributed by atoms with Gasteiger partial charge in [-0.3, -0.25) is 9.59 Å². The predicted molar refractivity (Wildman–Crippen MR) is 83.2 cm³/mol. The van der Waals surface area contributed by atoms with Gasteiger partial charge < -0.3 is 9.84 Å². The highest BCUT2D eigenvalue weighted by Gasteiger charge is 2.70.